The summed E-state index contributed by atoms with van der Waals surface area (Å²) in [7, 11) is 0. The van der Waals surface area contributed by atoms with Crippen LogP contribution in [0.2, 0.25) is 0 Å². The first-order valence-electron chi connectivity index (χ1n) is 7.22. The minimum absolute atomic E-state index is 0.0529. The molecule has 1 amide bonds. The highest BCUT2D eigenvalue weighted by atomic mass is 79.9. The van der Waals surface area contributed by atoms with Crippen LogP contribution >= 0.6 is 27.3 Å². The normalized spacial score (nSPS) is 19.8. The molecule has 0 radical (unpaired) electrons. The quantitative estimate of drug-likeness (QED) is 0.757. The molecule has 1 aliphatic rings. The van der Waals surface area contributed by atoms with Crippen molar-refractivity contribution in [2.75, 3.05) is 5.32 Å². The van der Waals surface area contributed by atoms with E-state index < -0.39 is 11.9 Å². The molecule has 124 valence electrons. The second-order valence-electron chi connectivity index (χ2n) is 5.43. The van der Waals surface area contributed by atoms with Crippen LogP contribution in [-0.2, 0) is 0 Å². The van der Waals surface area contributed by atoms with Gasteiger partial charge >= 0.3 is 5.97 Å². The Morgan fingerprint density at radius 3 is 2.83 bits per heavy atom. The zero-order chi connectivity index (χ0) is 17.3. The molecule has 0 aromatic carbocycles. The lowest BCUT2D eigenvalue weighted by Crippen LogP contribution is -2.15. The predicted octanol–water partition coefficient (Wildman–Crippen LogP) is 4.86. The number of furan rings is 1. The molecule has 5 nitrogen and oxygen atoms in total. The van der Waals surface area contributed by atoms with Gasteiger partial charge in [-0.05, 0) is 29.0 Å². The van der Waals surface area contributed by atoms with Gasteiger partial charge < -0.3 is 14.8 Å². The van der Waals surface area contributed by atoms with Gasteiger partial charge in [0, 0.05) is 10.4 Å². The number of hydrogen-bond acceptors (Lipinski definition) is 4. The minimum Gasteiger partial charge on any atom is -0.478 e. The van der Waals surface area contributed by atoms with Crippen molar-refractivity contribution in [3.63, 3.8) is 0 Å². The molecule has 3 rings (SSSR count). The van der Waals surface area contributed by atoms with E-state index >= 15 is 0 Å². The fraction of sp³-hybridized carbons (Fsp3) is 0.176. The molecule has 2 N–H and O–H groups in total. The number of allylic oxidation sites excluding steroid dienone is 4. The van der Waals surface area contributed by atoms with Crippen LogP contribution in [0.5, 0.6) is 0 Å². The SMILES string of the molecule is CC1C=C(Br)C=CC1c1csc(NC(=O)c2ccco2)c1C(=O)O. The summed E-state index contributed by atoms with van der Waals surface area (Å²) in [4.78, 5) is 23.9. The van der Waals surface area contributed by atoms with E-state index in [1.165, 1.54) is 23.7 Å². The summed E-state index contributed by atoms with van der Waals surface area (Å²) in [5.41, 5.74) is 0.829. The van der Waals surface area contributed by atoms with Crippen LogP contribution in [-0.4, -0.2) is 17.0 Å². The molecule has 0 bridgehead atoms. The average molecular weight is 408 g/mol. The molecule has 24 heavy (non-hydrogen) atoms. The zero-order valence-electron chi connectivity index (χ0n) is 12.7. The summed E-state index contributed by atoms with van der Waals surface area (Å²) < 4.78 is 6.02. The van der Waals surface area contributed by atoms with Crippen molar-refractivity contribution in [2.45, 2.75) is 12.8 Å². The Balaban J connectivity index is 1.93. The van der Waals surface area contributed by atoms with E-state index in [4.69, 9.17) is 4.42 Å². The summed E-state index contributed by atoms with van der Waals surface area (Å²) >= 11 is 4.64. The molecule has 7 heteroatoms. The van der Waals surface area contributed by atoms with Crippen molar-refractivity contribution in [1.82, 2.24) is 0 Å². The summed E-state index contributed by atoms with van der Waals surface area (Å²) in [5.74, 6) is -1.30. The van der Waals surface area contributed by atoms with Crippen LogP contribution in [0.3, 0.4) is 0 Å². The third kappa shape index (κ3) is 3.22. The van der Waals surface area contributed by atoms with Crippen LogP contribution in [0.25, 0.3) is 0 Å². The van der Waals surface area contributed by atoms with E-state index in [1.54, 1.807) is 11.4 Å². The number of thiophene rings is 1. The van der Waals surface area contributed by atoms with Crippen LogP contribution in [0.1, 0.15) is 39.3 Å². The van der Waals surface area contributed by atoms with Crippen molar-refractivity contribution in [3.8, 4) is 0 Å². The molecule has 0 saturated heterocycles. The number of aromatic carboxylic acids is 1. The van der Waals surface area contributed by atoms with Gasteiger partial charge in [0.05, 0.1) is 11.8 Å². The lowest BCUT2D eigenvalue weighted by molar-refractivity contribution is 0.0697. The number of nitrogens with one attached hydrogen (secondary N) is 1. The number of carboxylic acids is 1. The molecule has 0 aliphatic heterocycles. The number of carbonyl (C=O) groups is 2. The maximum absolute atomic E-state index is 12.1. The third-order valence-electron chi connectivity index (χ3n) is 3.82. The lowest BCUT2D eigenvalue weighted by atomic mass is 9.83. The third-order valence-corrected chi connectivity index (χ3v) is 5.26. The molecule has 2 aromatic heterocycles. The smallest absolute Gasteiger partial charge is 0.339 e. The largest absolute Gasteiger partial charge is 0.478 e. The van der Waals surface area contributed by atoms with Crippen molar-refractivity contribution in [1.29, 1.82) is 0 Å². The number of anilines is 1. The Morgan fingerprint density at radius 1 is 1.42 bits per heavy atom. The maximum atomic E-state index is 12.1. The Bertz CT molecular complexity index is 835. The predicted molar refractivity (Wildman–Crippen MR) is 96.0 cm³/mol. The Hall–Kier alpha value is -2.12. The number of amides is 1. The fourth-order valence-corrected chi connectivity index (χ4v) is 4.23. The summed E-state index contributed by atoms with van der Waals surface area (Å²) in [6, 6.07) is 3.13. The second-order valence-corrected chi connectivity index (χ2v) is 7.22. The van der Waals surface area contributed by atoms with Gasteiger partial charge in [0.1, 0.15) is 5.00 Å². The van der Waals surface area contributed by atoms with E-state index in [9.17, 15) is 14.7 Å². The highest BCUT2D eigenvalue weighted by Crippen LogP contribution is 2.40. The highest BCUT2D eigenvalue weighted by molar-refractivity contribution is 9.11. The molecule has 2 atom stereocenters. The molecule has 0 fully saturated rings. The van der Waals surface area contributed by atoms with Gasteiger partial charge in [0.25, 0.3) is 5.91 Å². The number of hydrogen-bond donors (Lipinski definition) is 2. The van der Waals surface area contributed by atoms with E-state index in [1.807, 2.05) is 25.2 Å². The van der Waals surface area contributed by atoms with Gasteiger partial charge in [0.15, 0.2) is 5.76 Å². The van der Waals surface area contributed by atoms with Crippen molar-refractivity contribution in [2.24, 2.45) is 5.92 Å². The number of carboxylic acid groups (broad SMARTS) is 1. The highest BCUT2D eigenvalue weighted by Gasteiger charge is 2.28. The van der Waals surface area contributed by atoms with Crippen LogP contribution < -0.4 is 5.32 Å². The van der Waals surface area contributed by atoms with Gasteiger partial charge in [-0.1, -0.05) is 41.1 Å². The first-order chi connectivity index (χ1) is 11.5. The van der Waals surface area contributed by atoms with Gasteiger partial charge in [-0.3, -0.25) is 4.79 Å². The Labute approximate surface area is 150 Å². The Kier molecular flexibility index (Phi) is 4.73. The van der Waals surface area contributed by atoms with Crippen LogP contribution in [0.15, 0.2) is 50.9 Å². The monoisotopic (exact) mass is 407 g/mol. The number of halogens is 1. The van der Waals surface area contributed by atoms with Crippen molar-refractivity contribution >= 4 is 44.1 Å². The van der Waals surface area contributed by atoms with Gasteiger partial charge in [0.2, 0.25) is 0 Å². The first-order valence-corrected chi connectivity index (χ1v) is 8.89. The topological polar surface area (TPSA) is 79.5 Å². The van der Waals surface area contributed by atoms with Gasteiger partial charge in [-0.2, -0.15) is 0 Å². The first kappa shape index (κ1) is 16.7. The second kappa shape index (κ2) is 6.78. The average Bonchev–Trinajstić information content (AvgIpc) is 3.16. The van der Waals surface area contributed by atoms with Crippen molar-refractivity contribution < 1.29 is 19.1 Å². The van der Waals surface area contributed by atoms with E-state index in [0.717, 1.165) is 4.48 Å². The Morgan fingerprint density at radius 2 is 2.21 bits per heavy atom. The minimum atomic E-state index is -1.06. The molecule has 0 spiro atoms. The van der Waals surface area contributed by atoms with Crippen LogP contribution in [0.4, 0.5) is 5.00 Å². The van der Waals surface area contributed by atoms with E-state index in [2.05, 4.69) is 21.2 Å². The van der Waals surface area contributed by atoms with E-state index in [-0.39, 0.29) is 23.2 Å². The lowest BCUT2D eigenvalue weighted by Gasteiger charge is -2.21. The molecule has 1 aliphatic carbocycles. The molecule has 2 aromatic rings. The summed E-state index contributed by atoms with van der Waals surface area (Å²) in [6.45, 7) is 2.03. The number of rotatable bonds is 4. The van der Waals surface area contributed by atoms with E-state index in [0.29, 0.717) is 10.6 Å². The molecule has 0 saturated carbocycles. The van der Waals surface area contributed by atoms with Crippen LogP contribution in [0, 0.1) is 5.92 Å². The fourth-order valence-electron chi connectivity index (χ4n) is 2.67. The van der Waals surface area contributed by atoms with Crippen molar-refractivity contribution in [3.05, 3.63) is 63.4 Å². The molecular weight excluding hydrogens is 394 g/mol. The standard InChI is InChI=1S/C17H14BrNO4S/c1-9-7-10(18)4-5-11(9)12-8-24-16(14(12)17(21)22)19-15(20)13-3-2-6-23-13/h2-9,11H,1H3,(H,19,20)(H,21,22). The number of carbonyl (C=O) groups excluding carboxylic acids is 1. The van der Waals surface area contributed by atoms with Gasteiger partial charge in [-0.15, -0.1) is 11.3 Å². The van der Waals surface area contributed by atoms with Gasteiger partial charge in [-0.25, -0.2) is 4.79 Å². The molecular formula is C17H14BrNO4S. The molecule has 2 unspecified atom stereocenters. The molecule has 2 heterocycles. The zero-order valence-corrected chi connectivity index (χ0v) is 15.1. The summed E-state index contributed by atoms with van der Waals surface area (Å²) in [6.07, 6.45) is 7.32. The summed E-state index contributed by atoms with van der Waals surface area (Å²) in [5, 5.41) is 14.4. The maximum Gasteiger partial charge on any atom is 0.339 e.